The molecule has 5 heteroatoms. The van der Waals surface area contributed by atoms with E-state index in [-0.39, 0.29) is 12.6 Å². The summed E-state index contributed by atoms with van der Waals surface area (Å²) >= 11 is 0. The molecule has 1 unspecified atom stereocenters. The highest BCUT2D eigenvalue weighted by Gasteiger charge is 2.32. The number of carboxylic acids is 2. The van der Waals surface area contributed by atoms with Crippen LogP contribution in [0.25, 0.3) is 0 Å². The third kappa shape index (κ3) is 3.33. The lowest BCUT2D eigenvalue weighted by molar-refractivity contribution is -0.144. The zero-order chi connectivity index (χ0) is 10.7. The van der Waals surface area contributed by atoms with Crippen LogP contribution in [0, 0.1) is 5.92 Å². The van der Waals surface area contributed by atoms with Crippen LogP contribution in [-0.2, 0) is 9.59 Å². The van der Waals surface area contributed by atoms with Crippen molar-refractivity contribution in [2.75, 3.05) is 13.1 Å². The van der Waals surface area contributed by atoms with E-state index in [4.69, 9.17) is 10.2 Å². The average Bonchev–Trinajstić information content (AvgIpc) is 2.83. The molecule has 1 saturated carbocycles. The Morgan fingerprint density at radius 3 is 2.36 bits per heavy atom. The first-order chi connectivity index (χ1) is 6.50. The minimum absolute atomic E-state index is 0.0533. The zero-order valence-corrected chi connectivity index (χ0v) is 8.14. The van der Waals surface area contributed by atoms with E-state index in [0.29, 0.717) is 6.54 Å². The van der Waals surface area contributed by atoms with E-state index in [1.807, 2.05) is 0 Å². The van der Waals surface area contributed by atoms with E-state index in [9.17, 15) is 9.59 Å². The van der Waals surface area contributed by atoms with Crippen LogP contribution in [-0.4, -0.2) is 46.2 Å². The largest absolute Gasteiger partial charge is 0.481 e. The lowest BCUT2D eigenvalue weighted by atomic mass is 10.1. The molecule has 80 valence electrons. The summed E-state index contributed by atoms with van der Waals surface area (Å²) in [6.07, 6.45) is 1.97. The molecule has 0 spiro atoms. The van der Waals surface area contributed by atoms with E-state index in [1.165, 1.54) is 0 Å². The van der Waals surface area contributed by atoms with Crippen LogP contribution in [0.4, 0.5) is 0 Å². The molecule has 0 bridgehead atoms. The Kier molecular flexibility index (Phi) is 3.46. The number of aliphatic carboxylic acids is 2. The number of nitrogens with zero attached hydrogens (tertiary/aromatic N) is 1. The van der Waals surface area contributed by atoms with Crippen molar-refractivity contribution >= 4 is 11.9 Å². The molecule has 1 rings (SSSR count). The van der Waals surface area contributed by atoms with Gasteiger partial charge in [0.2, 0.25) is 0 Å². The summed E-state index contributed by atoms with van der Waals surface area (Å²) in [4.78, 5) is 22.8. The summed E-state index contributed by atoms with van der Waals surface area (Å²) < 4.78 is 0. The molecule has 0 aliphatic heterocycles. The predicted molar refractivity (Wildman–Crippen MR) is 49.0 cm³/mol. The van der Waals surface area contributed by atoms with Crippen LogP contribution < -0.4 is 0 Å². The van der Waals surface area contributed by atoms with Crippen LogP contribution in [0.1, 0.15) is 19.8 Å². The molecule has 5 nitrogen and oxygen atoms in total. The van der Waals surface area contributed by atoms with Gasteiger partial charge in [-0.1, -0.05) is 6.92 Å². The summed E-state index contributed by atoms with van der Waals surface area (Å²) in [6.45, 7) is 1.87. The summed E-state index contributed by atoms with van der Waals surface area (Å²) in [7, 11) is 0. The number of carbonyl (C=O) groups is 2. The van der Waals surface area contributed by atoms with Crippen molar-refractivity contribution in [3.05, 3.63) is 0 Å². The molecular weight excluding hydrogens is 186 g/mol. The fourth-order valence-electron chi connectivity index (χ4n) is 1.39. The maximum Gasteiger partial charge on any atom is 0.317 e. The summed E-state index contributed by atoms with van der Waals surface area (Å²) in [5.41, 5.74) is 0. The van der Waals surface area contributed by atoms with Crippen LogP contribution in [0.3, 0.4) is 0 Å². The van der Waals surface area contributed by atoms with Gasteiger partial charge in [-0.3, -0.25) is 14.5 Å². The second-order valence-electron chi connectivity index (χ2n) is 3.79. The van der Waals surface area contributed by atoms with Crippen molar-refractivity contribution in [1.29, 1.82) is 0 Å². The number of hydrogen-bond donors (Lipinski definition) is 2. The Bertz CT molecular complexity index is 237. The van der Waals surface area contributed by atoms with E-state index in [1.54, 1.807) is 11.8 Å². The standard InChI is InChI=1S/C9H15NO4/c1-6(9(13)14)4-10(5-8(11)12)7-2-3-7/h6-7H,2-5H2,1H3,(H,11,12)(H,13,14). The predicted octanol–water partition coefficient (Wildman–Crippen LogP) is 0.256. The molecule has 1 fully saturated rings. The molecule has 1 atom stereocenters. The molecule has 0 aromatic rings. The number of carboxylic acid groups (broad SMARTS) is 2. The minimum Gasteiger partial charge on any atom is -0.481 e. The van der Waals surface area contributed by atoms with Crippen LogP contribution in [0.15, 0.2) is 0 Å². The third-order valence-corrected chi connectivity index (χ3v) is 2.33. The van der Waals surface area contributed by atoms with Crippen LogP contribution in [0.2, 0.25) is 0 Å². The van der Waals surface area contributed by atoms with E-state index in [0.717, 1.165) is 12.8 Å². The Morgan fingerprint density at radius 2 is 2.00 bits per heavy atom. The van der Waals surface area contributed by atoms with E-state index in [2.05, 4.69) is 0 Å². The van der Waals surface area contributed by atoms with Gasteiger partial charge in [0.25, 0.3) is 0 Å². The fourth-order valence-corrected chi connectivity index (χ4v) is 1.39. The van der Waals surface area contributed by atoms with Gasteiger partial charge in [-0.2, -0.15) is 0 Å². The maximum absolute atomic E-state index is 10.6. The second-order valence-corrected chi connectivity index (χ2v) is 3.79. The Morgan fingerprint density at radius 1 is 1.43 bits per heavy atom. The van der Waals surface area contributed by atoms with Crippen molar-refractivity contribution in [3.63, 3.8) is 0 Å². The average molecular weight is 201 g/mol. The molecule has 1 aliphatic rings. The highest BCUT2D eigenvalue weighted by atomic mass is 16.4. The van der Waals surface area contributed by atoms with Gasteiger partial charge in [0.05, 0.1) is 12.5 Å². The van der Waals surface area contributed by atoms with E-state index >= 15 is 0 Å². The quantitative estimate of drug-likeness (QED) is 0.644. The first-order valence-corrected chi connectivity index (χ1v) is 4.69. The Balaban J connectivity index is 2.42. The topological polar surface area (TPSA) is 77.8 Å². The molecule has 2 N–H and O–H groups in total. The zero-order valence-electron chi connectivity index (χ0n) is 8.14. The highest BCUT2D eigenvalue weighted by Crippen LogP contribution is 2.27. The van der Waals surface area contributed by atoms with Gasteiger partial charge in [-0.25, -0.2) is 0 Å². The van der Waals surface area contributed by atoms with Gasteiger partial charge in [-0.15, -0.1) is 0 Å². The molecule has 0 heterocycles. The van der Waals surface area contributed by atoms with Gasteiger partial charge in [-0.05, 0) is 12.8 Å². The third-order valence-electron chi connectivity index (χ3n) is 2.33. The molecule has 14 heavy (non-hydrogen) atoms. The number of rotatable bonds is 6. The first-order valence-electron chi connectivity index (χ1n) is 4.69. The molecule has 1 aliphatic carbocycles. The van der Waals surface area contributed by atoms with Gasteiger partial charge in [0.15, 0.2) is 0 Å². The maximum atomic E-state index is 10.6. The lowest BCUT2D eigenvalue weighted by Gasteiger charge is -2.21. The fraction of sp³-hybridized carbons (Fsp3) is 0.778. The molecule has 0 aromatic heterocycles. The monoisotopic (exact) mass is 201 g/mol. The molecule has 0 saturated heterocycles. The van der Waals surface area contributed by atoms with Crippen molar-refractivity contribution < 1.29 is 19.8 Å². The molecule has 0 aromatic carbocycles. The van der Waals surface area contributed by atoms with Crippen molar-refractivity contribution in [3.8, 4) is 0 Å². The Hall–Kier alpha value is -1.10. The number of hydrogen-bond acceptors (Lipinski definition) is 3. The van der Waals surface area contributed by atoms with E-state index < -0.39 is 17.9 Å². The molecular formula is C9H15NO4. The first kappa shape index (κ1) is 11.0. The van der Waals surface area contributed by atoms with Crippen LogP contribution in [0.5, 0.6) is 0 Å². The van der Waals surface area contributed by atoms with Crippen molar-refractivity contribution in [2.45, 2.75) is 25.8 Å². The summed E-state index contributed by atoms with van der Waals surface area (Å²) in [5.74, 6) is -2.27. The minimum atomic E-state index is -0.894. The lowest BCUT2D eigenvalue weighted by Crippen LogP contribution is -2.37. The summed E-state index contributed by atoms with van der Waals surface area (Å²) in [6, 6.07) is 0.285. The van der Waals surface area contributed by atoms with Gasteiger partial charge in [0.1, 0.15) is 0 Å². The van der Waals surface area contributed by atoms with Crippen molar-refractivity contribution in [2.24, 2.45) is 5.92 Å². The summed E-state index contributed by atoms with van der Waals surface area (Å²) in [5, 5.41) is 17.3. The highest BCUT2D eigenvalue weighted by molar-refractivity contribution is 5.71. The SMILES string of the molecule is CC(CN(CC(=O)O)C1CC1)C(=O)O. The molecule has 0 amide bonds. The van der Waals surface area contributed by atoms with Gasteiger partial charge < -0.3 is 10.2 Å². The normalized spacial score (nSPS) is 18.1. The van der Waals surface area contributed by atoms with Crippen molar-refractivity contribution in [1.82, 2.24) is 4.90 Å². The van der Waals surface area contributed by atoms with Gasteiger partial charge in [0, 0.05) is 12.6 Å². The molecule has 0 radical (unpaired) electrons. The smallest absolute Gasteiger partial charge is 0.317 e. The van der Waals surface area contributed by atoms with Crippen LogP contribution >= 0.6 is 0 Å². The Labute approximate surface area is 82.3 Å². The van der Waals surface area contributed by atoms with Gasteiger partial charge >= 0.3 is 11.9 Å². The second kappa shape index (κ2) is 4.41.